The Balaban J connectivity index is 2.01. The van der Waals surface area contributed by atoms with Crippen LogP contribution < -0.4 is 0 Å². The van der Waals surface area contributed by atoms with Gasteiger partial charge in [-0.3, -0.25) is 0 Å². The highest BCUT2D eigenvalue weighted by atomic mass is 35.5. The minimum Gasteiger partial charge on any atom is -0.224 e. The lowest BCUT2D eigenvalue weighted by Crippen LogP contribution is -1.95. The normalized spacial score (nSPS) is 10.8. The molecule has 0 aliphatic heterocycles. The molecule has 0 aliphatic rings. The first-order valence-electron chi connectivity index (χ1n) is 5.86. The molecule has 0 atom stereocenters. The van der Waals surface area contributed by atoms with Gasteiger partial charge in [0, 0.05) is 12.0 Å². The van der Waals surface area contributed by atoms with Crippen molar-refractivity contribution in [3.63, 3.8) is 0 Å². The largest absolute Gasteiger partial charge is 0.224 e. The molecule has 0 fully saturated rings. The maximum atomic E-state index is 6.06. The molecule has 2 aromatic carbocycles. The van der Waals surface area contributed by atoms with Gasteiger partial charge in [-0.2, -0.15) is 0 Å². The third kappa shape index (κ3) is 2.55. The van der Waals surface area contributed by atoms with Crippen LogP contribution in [0.4, 0.5) is 0 Å². The molecule has 0 N–H and O–H groups in total. The number of nitrogens with zero attached hydrogens (tertiary/aromatic N) is 2. The lowest BCUT2D eigenvalue weighted by atomic mass is 10.0. The van der Waals surface area contributed by atoms with Gasteiger partial charge in [0.15, 0.2) is 0 Å². The molecule has 0 radical (unpaired) electrons. The first-order chi connectivity index (χ1) is 9.24. The zero-order valence-electron chi connectivity index (χ0n) is 9.98. The van der Waals surface area contributed by atoms with Crippen LogP contribution in [-0.4, -0.2) is 9.97 Å². The number of halogens is 2. The van der Waals surface area contributed by atoms with Crippen LogP contribution >= 0.6 is 23.2 Å². The van der Waals surface area contributed by atoms with Gasteiger partial charge in [-0.15, -0.1) is 0 Å². The lowest BCUT2D eigenvalue weighted by Gasteiger charge is -2.06. The van der Waals surface area contributed by atoms with Gasteiger partial charge in [-0.25, -0.2) is 9.97 Å². The summed E-state index contributed by atoms with van der Waals surface area (Å²) >= 11 is 12.1. The van der Waals surface area contributed by atoms with Gasteiger partial charge >= 0.3 is 0 Å². The van der Waals surface area contributed by atoms with Crippen LogP contribution in [0, 0.1) is 0 Å². The Kier molecular flexibility index (Phi) is 3.36. The zero-order valence-corrected chi connectivity index (χ0v) is 11.5. The second kappa shape index (κ2) is 5.16. The molecule has 19 heavy (non-hydrogen) atoms. The molecular weight excluding hydrogens is 279 g/mol. The van der Waals surface area contributed by atoms with E-state index in [0.29, 0.717) is 16.7 Å². The average molecular weight is 289 g/mol. The van der Waals surface area contributed by atoms with Crippen molar-refractivity contribution >= 4 is 34.0 Å². The summed E-state index contributed by atoms with van der Waals surface area (Å²) in [6.45, 7) is 0. The van der Waals surface area contributed by atoms with Gasteiger partial charge in [-0.05, 0) is 16.3 Å². The van der Waals surface area contributed by atoms with Crippen molar-refractivity contribution in [1.29, 1.82) is 0 Å². The monoisotopic (exact) mass is 288 g/mol. The van der Waals surface area contributed by atoms with Gasteiger partial charge in [-0.1, -0.05) is 65.7 Å². The maximum Gasteiger partial charge on any atom is 0.137 e. The number of hydrogen-bond donors (Lipinski definition) is 0. The van der Waals surface area contributed by atoms with E-state index in [0.717, 1.165) is 11.1 Å². The molecule has 2 nitrogen and oxygen atoms in total. The molecule has 0 saturated heterocycles. The molecule has 0 unspecified atom stereocenters. The Labute approximate surface area is 121 Å². The average Bonchev–Trinajstić information content (AvgIpc) is 2.43. The Hall–Kier alpha value is -1.64. The molecule has 1 aromatic heterocycles. The fourth-order valence-electron chi connectivity index (χ4n) is 2.07. The Morgan fingerprint density at radius 3 is 2.26 bits per heavy atom. The molecular formula is C15H10Cl2N2. The van der Waals surface area contributed by atoms with E-state index in [9.17, 15) is 0 Å². The van der Waals surface area contributed by atoms with Gasteiger partial charge in [0.05, 0.1) is 0 Å². The smallest absolute Gasteiger partial charge is 0.137 e. The SMILES string of the molecule is Clc1ncnc(Cl)c1Cc1ccc2ccccc2c1. The molecule has 0 aliphatic carbocycles. The van der Waals surface area contributed by atoms with Gasteiger partial charge in [0.25, 0.3) is 0 Å². The molecule has 94 valence electrons. The van der Waals surface area contributed by atoms with Crippen LogP contribution in [0.15, 0.2) is 48.8 Å². The van der Waals surface area contributed by atoms with E-state index in [1.165, 1.54) is 17.1 Å². The summed E-state index contributed by atoms with van der Waals surface area (Å²) in [4.78, 5) is 7.94. The Bertz CT molecular complexity index is 721. The third-order valence-corrected chi connectivity index (χ3v) is 3.69. The van der Waals surface area contributed by atoms with E-state index in [2.05, 4.69) is 40.3 Å². The van der Waals surface area contributed by atoms with Gasteiger partial charge in [0.1, 0.15) is 16.6 Å². The third-order valence-electron chi connectivity index (χ3n) is 3.03. The molecule has 4 heteroatoms. The molecule has 3 aromatic rings. The molecule has 3 rings (SSSR count). The highest BCUT2D eigenvalue weighted by Crippen LogP contribution is 2.24. The van der Waals surface area contributed by atoms with Gasteiger partial charge in [0.2, 0.25) is 0 Å². The van der Waals surface area contributed by atoms with Crippen LogP contribution in [0.1, 0.15) is 11.1 Å². The van der Waals surface area contributed by atoms with Crippen LogP contribution in [0.2, 0.25) is 10.3 Å². The van der Waals surface area contributed by atoms with E-state index in [1.807, 2.05) is 12.1 Å². The van der Waals surface area contributed by atoms with Crippen molar-refractivity contribution in [2.24, 2.45) is 0 Å². The first-order valence-corrected chi connectivity index (χ1v) is 6.62. The number of fused-ring (bicyclic) bond motifs is 1. The summed E-state index contributed by atoms with van der Waals surface area (Å²) in [6, 6.07) is 14.5. The predicted molar refractivity (Wildman–Crippen MR) is 78.8 cm³/mol. The van der Waals surface area contributed by atoms with Crippen molar-refractivity contribution in [3.8, 4) is 0 Å². The fourth-order valence-corrected chi connectivity index (χ4v) is 2.52. The second-order valence-electron chi connectivity index (χ2n) is 4.29. The van der Waals surface area contributed by atoms with E-state index < -0.39 is 0 Å². The van der Waals surface area contributed by atoms with E-state index >= 15 is 0 Å². The standard InChI is InChI=1S/C15H10Cl2N2/c16-14-13(15(17)19-9-18-14)8-10-5-6-11-3-1-2-4-12(11)7-10/h1-7,9H,8H2. The summed E-state index contributed by atoms with van der Waals surface area (Å²) in [5.74, 6) is 0. The first kappa shape index (κ1) is 12.4. The number of rotatable bonds is 2. The van der Waals surface area contributed by atoms with Crippen molar-refractivity contribution < 1.29 is 0 Å². The highest BCUT2D eigenvalue weighted by Gasteiger charge is 2.09. The van der Waals surface area contributed by atoms with Crippen molar-refractivity contribution in [2.75, 3.05) is 0 Å². The van der Waals surface area contributed by atoms with E-state index in [1.54, 1.807) is 0 Å². The molecule has 1 heterocycles. The highest BCUT2D eigenvalue weighted by molar-refractivity contribution is 6.34. The molecule has 0 saturated carbocycles. The molecule has 0 amide bonds. The number of aromatic nitrogens is 2. The van der Waals surface area contributed by atoms with Crippen molar-refractivity contribution in [1.82, 2.24) is 9.97 Å². The lowest BCUT2D eigenvalue weighted by molar-refractivity contribution is 1.07. The molecule has 0 spiro atoms. The summed E-state index contributed by atoms with van der Waals surface area (Å²) in [5, 5.41) is 3.23. The topological polar surface area (TPSA) is 25.8 Å². The second-order valence-corrected chi connectivity index (χ2v) is 5.01. The summed E-state index contributed by atoms with van der Waals surface area (Å²) in [5.41, 5.74) is 1.90. The van der Waals surface area contributed by atoms with Gasteiger partial charge < -0.3 is 0 Å². The number of hydrogen-bond acceptors (Lipinski definition) is 2. The van der Waals surface area contributed by atoms with E-state index in [4.69, 9.17) is 23.2 Å². The zero-order chi connectivity index (χ0) is 13.2. The Morgan fingerprint density at radius 2 is 1.53 bits per heavy atom. The predicted octanol–water partition coefficient (Wildman–Crippen LogP) is 4.53. The maximum absolute atomic E-state index is 6.06. The minimum atomic E-state index is 0.410. The summed E-state index contributed by atoms with van der Waals surface area (Å²) in [6.07, 6.45) is 2.00. The quantitative estimate of drug-likeness (QED) is 0.648. The van der Waals surface area contributed by atoms with E-state index in [-0.39, 0.29) is 0 Å². The molecule has 0 bridgehead atoms. The van der Waals surface area contributed by atoms with Crippen LogP contribution in [-0.2, 0) is 6.42 Å². The van der Waals surface area contributed by atoms with Crippen LogP contribution in [0.25, 0.3) is 10.8 Å². The minimum absolute atomic E-state index is 0.410. The van der Waals surface area contributed by atoms with Crippen molar-refractivity contribution in [2.45, 2.75) is 6.42 Å². The van der Waals surface area contributed by atoms with Crippen molar-refractivity contribution in [3.05, 3.63) is 70.2 Å². The fraction of sp³-hybridized carbons (Fsp3) is 0.0667. The van der Waals surface area contributed by atoms with Crippen LogP contribution in [0.5, 0.6) is 0 Å². The summed E-state index contributed by atoms with van der Waals surface area (Å²) < 4.78 is 0. The number of benzene rings is 2. The van der Waals surface area contributed by atoms with Crippen LogP contribution in [0.3, 0.4) is 0 Å². The summed E-state index contributed by atoms with van der Waals surface area (Å²) in [7, 11) is 0. The Morgan fingerprint density at radius 1 is 0.842 bits per heavy atom.